The summed E-state index contributed by atoms with van der Waals surface area (Å²) < 4.78 is 5.43. The van der Waals surface area contributed by atoms with E-state index in [9.17, 15) is 9.59 Å². The van der Waals surface area contributed by atoms with Crippen LogP contribution < -0.4 is 5.73 Å². The van der Waals surface area contributed by atoms with E-state index < -0.39 is 5.91 Å². The van der Waals surface area contributed by atoms with Crippen LogP contribution in [0.1, 0.15) is 47.0 Å². The fourth-order valence-electron chi connectivity index (χ4n) is 2.44. The fraction of sp³-hybridized carbons (Fsp3) is 0.867. The van der Waals surface area contributed by atoms with Gasteiger partial charge in [0.15, 0.2) is 0 Å². The van der Waals surface area contributed by atoms with Gasteiger partial charge in [-0.05, 0) is 11.8 Å². The molecular formula is C15H30N2O3. The Bertz CT molecular complexity index is 318. The van der Waals surface area contributed by atoms with Gasteiger partial charge in [0, 0.05) is 20.6 Å². The van der Waals surface area contributed by atoms with Crippen molar-refractivity contribution in [1.82, 2.24) is 4.90 Å². The summed E-state index contributed by atoms with van der Waals surface area (Å²) in [6, 6.07) is -0.135. The molecule has 0 unspecified atom stereocenters. The first kappa shape index (κ1) is 18.9. The summed E-state index contributed by atoms with van der Waals surface area (Å²) in [7, 11) is 3.35. The minimum absolute atomic E-state index is 0.0804. The summed E-state index contributed by atoms with van der Waals surface area (Å²) in [4.78, 5) is 25.2. The number of nitrogens with zero attached hydrogens (tertiary/aromatic N) is 1. The van der Waals surface area contributed by atoms with Gasteiger partial charge in [0.1, 0.15) is 0 Å². The second-order valence-electron chi connectivity index (χ2n) is 5.92. The van der Waals surface area contributed by atoms with Crippen molar-refractivity contribution < 1.29 is 14.3 Å². The molecule has 5 nitrogen and oxygen atoms in total. The largest absolute Gasteiger partial charge is 0.379 e. The molecule has 0 aliphatic rings. The Kier molecular flexibility index (Phi) is 8.46. The van der Waals surface area contributed by atoms with E-state index in [-0.39, 0.29) is 30.4 Å². The molecule has 0 heterocycles. The van der Waals surface area contributed by atoms with Gasteiger partial charge < -0.3 is 15.4 Å². The molecule has 0 aliphatic heterocycles. The Balaban J connectivity index is 5.11. The number of methoxy groups -OCH3 is 1. The molecule has 0 aromatic heterocycles. The van der Waals surface area contributed by atoms with Gasteiger partial charge in [0.05, 0.1) is 18.6 Å². The second-order valence-corrected chi connectivity index (χ2v) is 5.92. The number of nitrogens with two attached hydrogens (primary N) is 1. The molecule has 0 radical (unpaired) electrons. The lowest BCUT2D eigenvalue weighted by molar-refractivity contribution is -0.139. The molecule has 0 aliphatic carbocycles. The number of amides is 2. The molecule has 0 bridgehead atoms. The minimum Gasteiger partial charge on any atom is -0.379 e. The molecule has 0 saturated heterocycles. The quantitative estimate of drug-likeness (QED) is 0.702. The summed E-state index contributed by atoms with van der Waals surface area (Å²) in [5, 5.41) is 0. The third-order valence-corrected chi connectivity index (χ3v) is 3.74. The van der Waals surface area contributed by atoms with Crippen LogP contribution in [-0.4, -0.2) is 43.0 Å². The van der Waals surface area contributed by atoms with Gasteiger partial charge in [-0.1, -0.05) is 34.1 Å². The number of hydrogen-bond donors (Lipinski definition) is 1. The molecule has 2 amide bonds. The molecule has 0 rings (SSSR count). The van der Waals surface area contributed by atoms with Crippen molar-refractivity contribution >= 4 is 11.8 Å². The highest BCUT2D eigenvalue weighted by Gasteiger charge is 2.33. The Labute approximate surface area is 122 Å². The summed E-state index contributed by atoms with van der Waals surface area (Å²) in [6.45, 7) is 8.16. The zero-order valence-electron chi connectivity index (χ0n) is 13.7. The molecule has 2 N–H and O–H groups in total. The maximum Gasteiger partial charge on any atom is 0.222 e. The Morgan fingerprint density at radius 2 is 1.75 bits per heavy atom. The standard InChI is InChI=1S/C15H30N2O3/c1-7-11(4)15(12(20-6)9-13(16)18)17(5)14(19)8-10(2)3/h10-12,15H,7-9H2,1-6H3,(H2,16,18)/t11-,12+,15-/m0/s1. The first-order chi connectivity index (χ1) is 9.24. The van der Waals surface area contributed by atoms with Crippen molar-refractivity contribution in [2.24, 2.45) is 17.6 Å². The Hall–Kier alpha value is -1.10. The molecular weight excluding hydrogens is 256 g/mol. The van der Waals surface area contributed by atoms with Crippen molar-refractivity contribution in [2.75, 3.05) is 14.2 Å². The fourth-order valence-corrected chi connectivity index (χ4v) is 2.44. The van der Waals surface area contributed by atoms with E-state index in [1.807, 2.05) is 13.8 Å². The van der Waals surface area contributed by atoms with Crippen LogP contribution in [0.2, 0.25) is 0 Å². The molecule has 0 fully saturated rings. The maximum atomic E-state index is 12.3. The second kappa shape index (κ2) is 8.95. The van der Waals surface area contributed by atoms with Crippen LogP contribution in [0.4, 0.5) is 0 Å². The van der Waals surface area contributed by atoms with E-state index in [0.717, 1.165) is 6.42 Å². The molecule has 0 aromatic carbocycles. The molecule has 0 aromatic rings. The highest BCUT2D eigenvalue weighted by atomic mass is 16.5. The molecule has 20 heavy (non-hydrogen) atoms. The topological polar surface area (TPSA) is 72.6 Å². The van der Waals surface area contributed by atoms with Gasteiger partial charge in [-0.25, -0.2) is 0 Å². The summed E-state index contributed by atoms with van der Waals surface area (Å²) >= 11 is 0. The Morgan fingerprint density at radius 3 is 2.10 bits per heavy atom. The van der Waals surface area contributed by atoms with Gasteiger partial charge in [-0.2, -0.15) is 0 Å². The smallest absolute Gasteiger partial charge is 0.222 e. The van der Waals surface area contributed by atoms with Crippen molar-refractivity contribution in [3.8, 4) is 0 Å². The molecule has 5 heteroatoms. The van der Waals surface area contributed by atoms with E-state index >= 15 is 0 Å². The van der Waals surface area contributed by atoms with E-state index in [4.69, 9.17) is 10.5 Å². The number of carbonyl (C=O) groups is 2. The van der Waals surface area contributed by atoms with E-state index in [1.54, 1.807) is 19.1 Å². The van der Waals surface area contributed by atoms with Gasteiger partial charge in [0.2, 0.25) is 11.8 Å². The lowest BCUT2D eigenvalue weighted by atomic mass is 9.90. The molecule has 0 spiro atoms. The number of primary amides is 1. The lowest BCUT2D eigenvalue weighted by Crippen LogP contribution is -2.50. The average molecular weight is 286 g/mol. The third kappa shape index (κ3) is 5.90. The highest BCUT2D eigenvalue weighted by Crippen LogP contribution is 2.22. The molecule has 0 saturated carbocycles. The molecule has 3 atom stereocenters. The van der Waals surface area contributed by atoms with Crippen molar-refractivity contribution in [2.45, 2.75) is 59.1 Å². The molecule has 118 valence electrons. The third-order valence-electron chi connectivity index (χ3n) is 3.74. The normalized spacial score (nSPS) is 15.8. The van der Waals surface area contributed by atoms with Gasteiger partial charge >= 0.3 is 0 Å². The average Bonchev–Trinajstić information content (AvgIpc) is 2.35. The number of carbonyl (C=O) groups excluding carboxylic acids is 2. The predicted octanol–water partition coefficient (Wildman–Crippen LogP) is 1.80. The van der Waals surface area contributed by atoms with Crippen LogP contribution in [0.5, 0.6) is 0 Å². The van der Waals surface area contributed by atoms with Crippen LogP contribution in [0.3, 0.4) is 0 Å². The minimum atomic E-state index is -0.408. The van der Waals surface area contributed by atoms with Crippen LogP contribution in [0, 0.1) is 11.8 Å². The van der Waals surface area contributed by atoms with Crippen LogP contribution in [-0.2, 0) is 14.3 Å². The summed E-state index contributed by atoms with van der Waals surface area (Å²) in [6.07, 6.45) is 1.17. The van der Waals surface area contributed by atoms with Crippen LogP contribution in [0.15, 0.2) is 0 Å². The van der Waals surface area contributed by atoms with Crippen molar-refractivity contribution in [3.05, 3.63) is 0 Å². The SMILES string of the molecule is CC[C@H](C)[C@@H]([C@@H](CC(N)=O)OC)N(C)C(=O)CC(C)C. The van der Waals surface area contributed by atoms with Crippen LogP contribution in [0.25, 0.3) is 0 Å². The van der Waals surface area contributed by atoms with E-state index in [2.05, 4.69) is 13.8 Å². The van der Waals surface area contributed by atoms with E-state index in [0.29, 0.717) is 12.3 Å². The predicted molar refractivity (Wildman–Crippen MR) is 80.1 cm³/mol. The lowest BCUT2D eigenvalue weighted by Gasteiger charge is -2.37. The van der Waals surface area contributed by atoms with Gasteiger partial charge in [-0.3, -0.25) is 9.59 Å². The van der Waals surface area contributed by atoms with E-state index in [1.165, 1.54) is 0 Å². The van der Waals surface area contributed by atoms with Crippen molar-refractivity contribution in [1.29, 1.82) is 0 Å². The zero-order valence-corrected chi connectivity index (χ0v) is 13.7. The van der Waals surface area contributed by atoms with Crippen molar-refractivity contribution in [3.63, 3.8) is 0 Å². The number of hydrogen-bond acceptors (Lipinski definition) is 3. The highest BCUT2D eigenvalue weighted by molar-refractivity contribution is 5.77. The summed E-state index contributed by atoms with van der Waals surface area (Å²) in [5.41, 5.74) is 5.28. The first-order valence-electron chi connectivity index (χ1n) is 7.31. The number of rotatable bonds is 9. The number of ether oxygens (including phenoxy) is 1. The summed E-state index contributed by atoms with van der Waals surface area (Å²) in [5.74, 6) is 0.215. The van der Waals surface area contributed by atoms with Crippen LogP contribution >= 0.6 is 0 Å². The first-order valence-corrected chi connectivity index (χ1v) is 7.31. The zero-order chi connectivity index (χ0) is 15.9. The van der Waals surface area contributed by atoms with Gasteiger partial charge in [-0.15, -0.1) is 0 Å². The maximum absolute atomic E-state index is 12.3. The number of likely N-dealkylation sites (N-methyl/N-ethyl adjacent to an activating group) is 1. The monoisotopic (exact) mass is 286 g/mol. The van der Waals surface area contributed by atoms with Gasteiger partial charge in [0.25, 0.3) is 0 Å². The Morgan fingerprint density at radius 1 is 1.20 bits per heavy atom.